The molecule has 0 N–H and O–H groups in total. The Morgan fingerprint density at radius 3 is 2.67 bits per heavy atom. The summed E-state index contributed by atoms with van der Waals surface area (Å²) in [7, 11) is 0. The number of benzene rings is 3. The Bertz CT molecular complexity index is 1060. The molecular formula is C23H21BrN2O. The Morgan fingerprint density at radius 1 is 1.04 bits per heavy atom. The van der Waals surface area contributed by atoms with Crippen LogP contribution in [0.15, 0.2) is 70.2 Å². The summed E-state index contributed by atoms with van der Waals surface area (Å²) in [6, 6.07) is 21.6. The average molecular weight is 421 g/mol. The van der Waals surface area contributed by atoms with E-state index in [1.165, 1.54) is 21.9 Å². The molecule has 4 heteroatoms. The lowest BCUT2D eigenvalue weighted by Crippen LogP contribution is -2.43. The summed E-state index contributed by atoms with van der Waals surface area (Å²) >= 11 is 3.61. The quantitative estimate of drug-likeness (QED) is 0.498. The predicted octanol–water partition coefficient (Wildman–Crippen LogP) is 6.13. The number of hydrogen-bond acceptors (Lipinski definition) is 3. The summed E-state index contributed by atoms with van der Waals surface area (Å²) < 4.78 is 7.39. The van der Waals surface area contributed by atoms with E-state index in [2.05, 4.69) is 89.4 Å². The first kappa shape index (κ1) is 16.8. The smallest absolute Gasteiger partial charge is 0.190 e. The summed E-state index contributed by atoms with van der Waals surface area (Å²) in [5.74, 6) is 1.33. The molecule has 0 bridgehead atoms. The maximum Gasteiger partial charge on any atom is 0.190 e. The molecule has 3 nitrogen and oxygen atoms in total. The minimum Gasteiger partial charge on any atom is -0.468 e. The number of ether oxygens (including phenoxy) is 1. The third kappa shape index (κ3) is 2.83. The molecule has 2 atom stereocenters. The molecule has 136 valence electrons. The zero-order valence-electron chi connectivity index (χ0n) is 15.4. The Hall–Kier alpha value is -2.33. The number of fused-ring (bicyclic) bond motifs is 4. The molecule has 3 aromatic rings. The van der Waals surface area contributed by atoms with Gasteiger partial charge in [-0.3, -0.25) is 0 Å². The lowest BCUT2D eigenvalue weighted by atomic mass is 9.94. The number of nitrogens with zero attached hydrogens (tertiary/aromatic N) is 2. The van der Waals surface area contributed by atoms with E-state index in [4.69, 9.17) is 9.84 Å². The van der Waals surface area contributed by atoms with E-state index in [9.17, 15) is 0 Å². The van der Waals surface area contributed by atoms with Gasteiger partial charge in [-0.05, 0) is 40.6 Å². The number of rotatable bonds is 2. The lowest BCUT2D eigenvalue weighted by Gasteiger charge is -2.40. The standard InChI is InChI=1S/C23H21BrN2O/c1-14(2)23-26-21(19-12-18(24)9-10-22(19)27-23)13-20(25-26)17-8-7-15-5-3-4-6-16(15)11-17/h3-12,14,21,23H,13H2,1-2H3. The second kappa shape index (κ2) is 6.38. The van der Waals surface area contributed by atoms with Crippen molar-refractivity contribution >= 4 is 32.4 Å². The molecule has 0 radical (unpaired) electrons. The highest BCUT2D eigenvalue weighted by Crippen LogP contribution is 2.45. The van der Waals surface area contributed by atoms with Gasteiger partial charge in [0, 0.05) is 22.4 Å². The molecular weight excluding hydrogens is 400 g/mol. The van der Waals surface area contributed by atoms with Crippen molar-refractivity contribution in [1.82, 2.24) is 5.01 Å². The Morgan fingerprint density at radius 2 is 1.85 bits per heavy atom. The van der Waals surface area contributed by atoms with Crippen molar-refractivity contribution in [3.8, 4) is 5.75 Å². The highest BCUT2D eigenvalue weighted by atomic mass is 79.9. The van der Waals surface area contributed by atoms with E-state index >= 15 is 0 Å². The second-order valence-electron chi connectivity index (χ2n) is 7.64. The minimum atomic E-state index is -0.0402. The molecule has 0 saturated heterocycles. The fourth-order valence-electron chi connectivity index (χ4n) is 4.07. The Kier molecular flexibility index (Phi) is 3.97. The van der Waals surface area contributed by atoms with Crippen molar-refractivity contribution in [2.75, 3.05) is 0 Å². The topological polar surface area (TPSA) is 24.8 Å². The van der Waals surface area contributed by atoms with Crippen molar-refractivity contribution in [2.24, 2.45) is 11.0 Å². The molecule has 0 aromatic heterocycles. The van der Waals surface area contributed by atoms with Gasteiger partial charge in [0.25, 0.3) is 0 Å². The Balaban J connectivity index is 1.58. The SMILES string of the molecule is CC(C)C1Oc2ccc(Br)cc2C2CC(c3ccc4ccccc4c3)=NN21. The van der Waals surface area contributed by atoms with Crippen LogP contribution in [0.3, 0.4) is 0 Å². The summed E-state index contributed by atoms with van der Waals surface area (Å²) in [6.45, 7) is 4.38. The van der Waals surface area contributed by atoms with Crippen molar-refractivity contribution in [3.63, 3.8) is 0 Å². The van der Waals surface area contributed by atoms with Crippen LogP contribution in [-0.4, -0.2) is 16.9 Å². The van der Waals surface area contributed by atoms with Crippen LogP contribution in [0.1, 0.15) is 37.4 Å². The van der Waals surface area contributed by atoms with Gasteiger partial charge < -0.3 is 4.74 Å². The van der Waals surface area contributed by atoms with Crippen LogP contribution in [0.25, 0.3) is 10.8 Å². The van der Waals surface area contributed by atoms with Crippen LogP contribution in [-0.2, 0) is 0 Å². The molecule has 27 heavy (non-hydrogen) atoms. The second-order valence-corrected chi connectivity index (χ2v) is 8.56. The highest BCUT2D eigenvalue weighted by molar-refractivity contribution is 9.10. The largest absolute Gasteiger partial charge is 0.468 e. The van der Waals surface area contributed by atoms with Gasteiger partial charge in [-0.2, -0.15) is 5.10 Å². The number of halogens is 1. The highest BCUT2D eigenvalue weighted by Gasteiger charge is 2.41. The zero-order chi connectivity index (χ0) is 18.5. The van der Waals surface area contributed by atoms with Gasteiger partial charge in [0.2, 0.25) is 0 Å². The maximum absolute atomic E-state index is 6.31. The van der Waals surface area contributed by atoms with Crippen LogP contribution in [0, 0.1) is 5.92 Å². The average Bonchev–Trinajstić information content (AvgIpc) is 3.12. The van der Waals surface area contributed by atoms with Gasteiger partial charge in [0.15, 0.2) is 6.23 Å². The molecule has 3 aromatic carbocycles. The minimum absolute atomic E-state index is 0.0402. The van der Waals surface area contributed by atoms with E-state index in [0.29, 0.717) is 5.92 Å². The monoisotopic (exact) mass is 420 g/mol. The van der Waals surface area contributed by atoms with Gasteiger partial charge in [0.1, 0.15) is 5.75 Å². The summed E-state index contributed by atoms with van der Waals surface area (Å²) in [4.78, 5) is 0. The van der Waals surface area contributed by atoms with Crippen LogP contribution in [0.5, 0.6) is 5.75 Å². The third-order valence-electron chi connectivity index (χ3n) is 5.43. The molecule has 0 spiro atoms. The number of hydrogen-bond donors (Lipinski definition) is 0. The summed E-state index contributed by atoms with van der Waals surface area (Å²) in [6.07, 6.45) is 0.857. The predicted molar refractivity (Wildman–Crippen MR) is 113 cm³/mol. The molecule has 0 amide bonds. The van der Waals surface area contributed by atoms with Crippen molar-refractivity contribution in [2.45, 2.75) is 32.5 Å². The van der Waals surface area contributed by atoms with Crippen LogP contribution in [0.4, 0.5) is 0 Å². The fourth-order valence-corrected chi connectivity index (χ4v) is 4.45. The first-order valence-corrected chi connectivity index (χ1v) is 10.2. The molecule has 2 aliphatic heterocycles. The van der Waals surface area contributed by atoms with Gasteiger partial charge >= 0.3 is 0 Å². The molecule has 2 heterocycles. The summed E-state index contributed by atoms with van der Waals surface area (Å²) in [5, 5.41) is 9.71. The normalized spacial score (nSPS) is 21.0. The fraction of sp³-hybridized carbons (Fsp3) is 0.261. The van der Waals surface area contributed by atoms with E-state index in [1.807, 2.05) is 6.07 Å². The molecule has 2 unspecified atom stereocenters. The van der Waals surface area contributed by atoms with E-state index in [1.54, 1.807) is 0 Å². The van der Waals surface area contributed by atoms with Gasteiger partial charge in [-0.15, -0.1) is 0 Å². The first-order chi connectivity index (χ1) is 13.1. The third-order valence-corrected chi connectivity index (χ3v) is 5.93. The van der Waals surface area contributed by atoms with Crippen LogP contribution < -0.4 is 4.74 Å². The molecule has 0 fully saturated rings. The van der Waals surface area contributed by atoms with Crippen LogP contribution >= 0.6 is 15.9 Å². The summed E-state index contributed by atoms with van der Waals surface area (Å²) in [5.41, 5.74) is 3.54. The molecule has 5 rings (SSSR count). The van der Waals surface area contributed by atoms with Crippen LogP contribution in [0.2, 0.25) is 0 Å². The maximum atomic E-state index is 6.31. The van der Waals surface area contributed by atoms with Crippen molar-refractivity contribution < 1.29 is 4.74 Å². The number of hydrazone groups is 1. The van der Waals surface area contributed by atoms with E-state index in [-0.39, 0.29) is 12.3 Å². The zero-order valence-corrected chi connectivity index (χ0v) is 17.0. The van der Waals surface area contributed by atoms with Crippen molar-refractivity contribution in [3.05, 3.63) is 76.3 Å². The lowest BCUT2D eigenvalue weighted by molar-refractivity contribution is -0.0461. The molecule has 2 aliphatic rings. The van der Waals surface area contributed by atoms with Gasteiger partial charge in [0.05, 0.1) is 11.8 Å². The van der Waals surface area contributed by atoms with E-state index in [0.717, 1.165) is 22.4 Å². The molecule has 0 saturated carbocycles. The molecule has 0 aliphatic carbocycles. The van der Waals surface area contributed by atoms with E-state index < -0.39 is 0 Å². The van der Waals surface area contributed by atoms with Gasteiger partial charge in [-0.25, -0.2) is 5.01 Å². The Labute approximate surface area is 167 Å². The van der Waals surface area contributed by atoms with Crippen molar-refractivity contribution in [1.29, 1.82) is 0 Å². The first-order valence-electron chi connectivity index (χ1n) is 9.41. The van der Waals surface area contributed by atoms with Gasteiger partial charge in [-0.1, -0.05) is 66.2 Å².